The summed E-state index contributed by atoms with van der Waals surface area (Å²) in [5.74, 6) is -0.0316. The first-order valence-corrected chi connectivity index (χ1v) is 9.76. The number of nitriles is 1. The second kappa shape index (κ2) is 7.84. The Morgan fingerprint density at radius 1 is 1.18 bits per heavy atom. The molecule has 0 saturated heterocycles. The molecule has 6 nitrogen and oxygen atoms in total. The zero-order chi connectivity index (χ0) is 20.3. The van der Waals surface area contributed by atoms with E-state index in [-0.39, 0.29) is 22.0 Å². The number of aromatic nitrogens is 1. The number of nitrogens with zero attached hydrogens (tertiary/aromatic N) is 2. The standard InChI is InChI=1S/C19H13ClFN3O3S/c1-12-6-14(20)9-16(7-12)27-18-4-3-17(8-13(18)10-22)28(25,26)24-19-5-2-15(21)11-23-19/h2-9,11H,1H3,(H,23,24). The van der Waals surface area contributed by atoms with E-state index in [1.54, 1.807) is 18.2 Å². The molecule has 3 aromatic rings. The average Bonchev–Trinajstić information content (AvgIpc) is 2.63. The maximum absolute atomic E-state index is 12.9. The van der Waals surface area contributed by atoms with Crippen LogP contribution in [0, 0.1) is 24.1 Å². The van der Waals surface area contributed by atoms with E-state index in [1.807, 2.05) is 13.0 Å². The van der Waals surface area contributed by atoms with E-state index >= 15 is 0 Å². The largest absolute Gasteiger partial charge is 0.456 e. The molecule has 0 spiro atoms. The lowest BCUT2D eigenvalue weighted by Gasteiger charge is -2.11. The van der Waals surface area contributed by atoms with Gasteiger partial charge in [-0.1, -0.05) is 11.6 Å². The Labute approximate surface area is 166 Å². The lowest BCUT2D eigenvalue weighted by molar-refractivity contribution is 0.480. The van der Waals surface area contributed by atoms with E-state index in [4.69, 9.17) is 16.3 Å². The van der Waals surface area contributed by atoms with Crippen molar-refractivity contribution in [2.75, 3.05) is 4.72 Å². The fourth-order valence-corrected chi connectivity index (χ4v) is 3.69. The first kappa shape index (κ1) is 19.6. The number of rotatable bonds is 5. The van der Waals surface area contributed by atoms with Crippen molar-refractivity contribution in [3.8, 4) is 17.6 Å². The minimum absolute atomic E-state index is 0.0209. The molecular weight excluding hydrogens is 405 g/mol. The summed E-state index contributed by atoms with van der Waals surface area (Å²) in [6.45, 7) is 1.84. The average molecular weight is 418 g/mol. The van der Waals surface area contributed by atoms with Crippen LogP contribution in [0.25, 0.3) is 0 Å². The zero-order valence-corrected chi connectivity index (χ0v) is 16.1. The highest BCUT2D eigenvalue weighted by molar-refractivity contribution is 7.92. The van der Waals surface area contributed by atoms with Gasteiger partial charge in [-0.3, -0.25) is 4.72 Å². The SMILES string of the molecule is Cc1cc(Cl)cc(Oc2ccc(S(=O)(=O)Nc3ccc(F)cn3)cc2C#N)c1. The molecule has 2 aromatic carbocycles. The number of halogens is 2. The maximum atomic E-state index is 12.9. The second-order valence-corrected chi connectivity index (χ2v) is 7.92. The minimum Gasteiger partial charge on any atom is -0.456 e. The first-order chi connectivity index (χ1) is 13.3. The number of anilines is 1. The van der Waals surface area contributed by atoms with Crippen LogP contribution in [0.5, 0.6) is 11.5 Å². The molecular formula is C19H13ClFN3O3S. The van der Waals surface area contributed by atoms with Gasteiger partial charge < -0.3 is 4.74 Å². The molecule has 3 rings (SSSR count). The second-order valence-electron chi connectivity index (χ2n) is 5.80. The Bertz CT molecular complexity index is 1160. The fraction of sp³-hybridized carbons (Fsp3) is 0.0526. The molecule has 1 aromatic heterocycles. The van der Waals surface area contributed by atoms with Gasteiger partial charge >= 0.3 is 0 Å². The third-order valence-corrected chi connectivity index (χ3v) is 5.16. The highest BCUT2D eigenvalue weighted by Crippen LogP contribution is 2.30. The lowest BCUT2D eigenvalue weighted by Crippen LogP contribution is -2.14. The van der Waals surface area contributed by atoms with Gasteiger partial charge in [0, 0.05) is 5.02 Å². The normalized spacial score (nSPS) is 10.9. The quantitative estimate of drug-likeness (QED) is 0.652. The van der Waals surface area contributed by atoms with Crippen LogP contribution in [0.2, 0.25) is 5.02 Å². The third-order valence-electron chi connectivity index (χ3n) is 3.59. The number of benzene rings is 2. The summed E-state index contributed by atoms with van der Waals surface area (Å²) in [6.07, 6.45) is 0.891. The predicted molar refractivity (Wildman–Crippen MR) is 102 cm³/mol. The molecule has 0 amide bonds. The Kier molecular flexibility index (Phi) is 5.49. The van der Waals surface area contributed by atoms with Crippen LogP contribution >= 0.6 is 11.6 Å². The van der Waals surface area contributed by atoms with Crippen LogP contribution in [0.15, 0.2) is 59.6 Å². The molecule has 28 heavy (non-hydrogen) atoms. The van der Waals surface area contributed by atoms with Gasteiger partial charge in [0.25, 0.3) is 10.0 Å². The molecule has 0 atom stereocenters. The summed E-state index contributed by atoms with van der Waals surface area (Å²) in [7, 11) is -4.02. The number of nitrogens with one attached hydrogen (secondary N) is 1. The molecule has 0 bridgehead atoms. The highest BCUT2D eigenvalue weighted by atomic mass is 35.5. The Morgan fingerprint density at radius 2 is 1.96 bits per heavy atom. The van der Waals surface area contributed by atoms with Crippen LogP contribution in [0.4, 0.5) is 10.2 Å². The number of pyridine rings is 1. The van der Waals surface area contributed by atoms with Crippen molar-refractivity contribution in [2.45, 2.75) is 11.8 Å². The van der Waals surface area contributed by atoms with Crippen LogP contribution in [0.1, 0.15) is 11.1 Å². The summed E-state index contributed by atoms with van der Waals surface area (Å²) >= 11 is 6.00. The van der Waals surface area contributed by atoms with E-state index in [2.05, 4.69) is 9.71 Å². The Hall–Kier alpha value is -3.15. The molecule has 9 heteroatoms. The molecule has 1 heterocycles. The summed E-state index contributed by atoms with van der Waals surface area (Å²) < 4.78 is 45.8. The first-order valence-electron chi connectivity index (χ1n) is 7.90. The number of sulfonamides is 1. The van der Waals surface area contributed by atoms with Gasteiger partial charge in [0.15, 0.2) is 0 Å². The van der Waals surface area contributed by atoms with Crippen molar-refractivity contribution >= 4 is 27.4 Å². The van der Waals surface area contributed by atoms with Gasteiger partial charge in [0.05, 0.1) is 16.7 Å². The third kappa shape index (κ3) is 4.57. The number of hydrogen-bond acceptors (Lipinski definition) is 5. The molecule has 0 aliphatic carbocycles. The van der Waals surface area contributed by atoms with Crippen LogP contribution in [0.3, 0.4) is 0 Å². The Morgan fingerprint density at radius 3 is 2.61 bits per heavy atom. The van der Waals surface area contributed by atoms with Gasteiger partial charge in [-0.05, 0) is 61.0 Å². The van der Waals surface area contributed by atoms with Gasteiger partial charge in [0.2, 0.25) is 0 Å². The van der Waals surface area contributed by atoms with Gasteiger partial charge in [-0.15, -0.1) is 0 Å². The van der Waals surface area contributed by atoms with E-state index < -0.39 is 15.8 Å². The van der Waals surface area contributed by atoms with E-state index in [0.717, 1.165) is 17.8 Å². The molecule has 0 unspecified atom stereocenters. The topological polar surface area (TPSA) is 92.1 Å². The van der Waals surface area contributed by atoms with E-state index in [1.165, 1.54) is 24.3 Å². The van der Waals surface area contributed by atoms with Crippen molar-refractivity contribution in [1.29, 1.82) is 5.26 Å². The molecule has 1 N–H and O–H groups in total. The smallest absolute Gasteiger partial charge is 0.263 e. The molecule has 0 aliphatic heterocycles. The molecule has 0 radical (unpaired) electrons. The Balaban J connectivity index is 1.90. The number of ether oxygens (including phenoxy) is 1. The van der Waals surface area contributed by atoms with Crippen molar-refractivity contribution in [3.05, 3.63) is 76.7 Å². The summed E-state index contributed by atoms with van der Waals surface area (Å²) in [5, 5.41) is 9.87. The van der Waals surface area contributed by atoms with Crippen molar-refractivity contribution in [3.63, 3.8) is 0 Å². The molecule has 142 valence electrons. The van der Waals surface area contributed by atoms with Crippen LogP contribution < -0.4 is 9.46 Å². The predicted octanol–water partition coefficient (Wildman–Crippen LogP) is 4.65. The van der Waals surface area contributed by atoms with E-state index in [0.29, 0.717) is 10.8 Å². The molecule has 0 fully saturated rings. The fourth-order valence-electron chi connectivity index (χ4n) is 2.37. The lowest BCUT2D eigenvalue weighted by atomic mass is 10.2. The van der Waals surface area contributed by atoms with Crippen LogP contribution in [-0.2, 0) is 10.0 Å². The van der Waals surface area contributed by atoms with Crippen LogP contribution in [-0.4, -0.2) is 13.4 Å². The van der Waals surface area contributed by atoms with Crippen molar-refractivity contribution < 1.29 is 17.5 Å². The summed E-state index contributed by atoms with van der Waals surface area (Å²) in [4.78, 5) is 3.49. The maximum Gasteiger partial charge on any atom is 0.263 e. The monoisotopic (exact) mass is 417 g/mol. The van der Waals surface area contributed by atoms with Crippen molar-refractivity contribution in [1.82, 2.24) is 4.98 Å². The zero-order valence-electron chi connectivity index (χ0n) is 14.5. The van der Waals surface area contributed by atoms with Gasteiger partial charge in [0.1, 0.15) is 29.2 Å². The summed E-state index contributed by atoms with van der Waals surface area (Å²) in [6, 6.07) is 13.1. The van der Waals surface area contributed by atoms with E-state index in [9.17, 15) is 18.1 Å². The highest BCUT2D eigenvalue weighted by Gasteiger charge is 2.18. The van der Waals surface area contributed by atoms with Crippen molar-refractivity contribution in [2.24, 2.45) is 0 Å². The number of hydrogen-bond donors (Lipinski definition) is 1. The molecule has 0 saturated carbocycles. The summed E-state index contributed by atoms with van der Waals surface area (Å²) in [5.41, 5.74) is 0.892. The number of aryl methyl sites for hydroxylation is 1. The van der Waals surface area contributed by atoms with Gasteiger partial charge in [-0.2, -0.15) is 5.26 Å². The van der Waals surface area contributed by atoms with Gasteiger partial charge in [-0.25, -0.2) is 17.8 Å². The molecule has 0 aliphatic rings. The minimum atomic E-state index is -4.02.